The third-order valence-electron chi connectivity index (χ3n) is 11.8. The molecule has 0 atom stereocenters. The van der Waals surface area contributed by atoms with Crippen LogP contribution in [-0.2, 0) is 0 Å². The Morgan fingerprint density at radius 2 is 0.983 bits per heavy atom. The van der Waals surface area contributed by atoms with Crippen molar-refractivity contribution in [2.45, 2.75) is 0 Å². The van der Waals surface area contributed by atoms with Crippen molar-refractivity contribution in [2.75, 3.05) is 4.90 Å². The molecule has 0 aliphatic heterocycles. The molecule has 2 aromatic heterocycles. The number of fused-ring (bicyclic) bond motifs is 10. The van der Waals surface area contributed by atoms with E-state index in [2.05, 4.69) is 217 Å². The van der Waals surface area contributed by atoms with E-state index < -0.39 is 0 Å². The van der Waals surface area contributed by atoms with Gasteiger partial charge in [-0.1, -0.05) is 170 Å². The Bertz CT molecular complexity index is 3550. The number of para-hydroxylation sites is 1. The Morgan fingerprint density at radius 3 is 1.80 bits per heavy atom. The van der Waals surface area contributed by atoms with Gasteiger partial charge in [0.2, 0.25) is 0 Å². The molecule has 276 valence electrons. The second kappa shape index (κ2) is 13.6. The van der Waals surface area contributed by atoms with E-state index in [1.165, 1.54) is 58.4 Å². The molecule has 0 amide bonds. The molecule has 0 spiro atoms. The topological polar surface area (TPSA) is 16.4 Å². The van der Waals surface area contributed by atoms with Gasteiger partial charge in [0.25, 0.3) is 0 Å². The van der Waals surface area contributed by atoms with Gasteiger partial charge < -0.3 is 9.32 Å². The highest BCUT2D eigenvalue weighted by molar-refractivity contribution is 7.26. The minimum absolute atomic E-state index is 0.854. The van der Waals surface area contributed by atoms with Crippen LogP contribution >= 0.6 is 11.3 Å². The van der Waals surface area contributed by atoms with E-state index in [0.29, 0.717) is 0 Å². The molecule has 0 fully saturated rings. The van der Waals surface area contributed by atoms with Crippen molar-refractivity contribution < 1.29 is 4.42 Å². The number of hydrogen-bond donors (Lipinski definition) is 0. The van der Waals surface area contributed by atoms with Crippen molar-refractivity contribution in [1.82, 2.24) is 0 Å². The van der Waals surface area contributed by atoms with Gasteiger partial charge in [0, 0.05) is 47.9 Å². The van der Waals surface area contributed by atoms with E-state index in [0.717, 1.165) is 55.7 Å². The molecule has 2 nitrogen and oxygen atoms in total. The van der Waals surface area contributed by atoms with Crippen LogP contribution in [0.25, 0.3) is 97.0 Å². The van der Waals surface area contributed by atoms with E-state index in [1.54, 1.807) is 0 Å². The van der Waals surface area contributed by atoms with E-state index in [9.17, 15) is 0 Å². The molecule has 12 aromatic rings. The van der Waals surface area contributed by atoms with Crippen molar-refractivity contribution in [3.8, 4) is 33.4 Å². The van der Waals surface area contributed by atoms with Gasteiger partial charge in [-0.25, -0.2) is 0 Å². The molecular formula is C56H35NOS. The van der Waals surface area contributed by atoms with Gasteiger partial charge in [-0.3, -0.25) is 0 Å². The highest BCUT2D eigenvalue weighted by Crippen LogP contribution is 2.48. The molecule has 0 aliphatic carbocycles. The average molecular weight is 770 g/mol. The lowest BCUT2D eigenvalue weighted by Gasteiger charge is -2.26. The first-order valence-electron chi connectivity index (χ1n) is 20.1. The lowest BCUT2D eigenvalue weighted by atomic mass is 9.96. The van der Waals surface area contributed by atoms with Crippen LogP contribution in [0.2, 0.25) is 0 Å². The summed E-state index contributed by atoms with van der Waals surface area (Å²) in [7, 11) is 0. The molecule has 0 unspecified atom stereocenters. The third-order valence-corrected chi connectivity index (χ3v) is 13.0. The van der Waals surface area contributed by atoms with Gasteiger partial charge in [0.1, 0.15) is 5.58 Å². The number of nitrogens with zero attached hydrogens (tertiary/aromatic N) is 1. The fourth-order valence-electron chi connectivity index (χ4n) is 9.11. The number of hydrogen-bond acceptors (Lipinski definition) is 3. The van der Waals surface area contributed by atoms with Gasteiger partial charge in [-0.2, -0.15) is 0 Å². The van der Waals surface area contributed by atoms with Gasteiger partial charge >= 0.3 is 0 Å². The predicted molar refractivity (Wildman–Crippen MR) is 253 cm³/mol. The number of thiophene rings is 1. The standard InChI is InChI=1S/C56H35NOS/c1-3-14-36(15-4-1)40-20-11-21-43(34-40)57(42-31-28-39(29-32-42)46-24-12-26-48-52-44-22-9-7-18-38(44)30-33-51(52)59-56(46)48)50-27-13-25-47-53-45-23-10-8-19-41(45)35-49(55(53)58-54(47)50)37-16-5-2-6-17-37/h1-35H. The zero-order valence-corrected chi connectivity index (χ0v) is 32.8. The zero-order valence-electron chi connectivity index (χ0n) is 32.0. The first-order chi connectivity index (χ1) is 29.3. The maximum absolute atomic E-state index is 7.18. The second-order valence-corrected chi connectivity index (χ2v) is 16.3. The Balaban J connectivity index is 1.07. The van der Waals surface area contributed by atoms with Gasteiger partial charge in [-0.15, -0.1) is 11.3 Å². The summed E-state index contributed by atoms with van der Waals surface area (Å²) in [6.07, 6.45) is 0. The third kappa shape index (κ3) is 5.47. The highest BCUT2D eigenvalue weighted by atomic mass is 32.1. The molecule has 3 heteroatoms. The van der Waals surface area contributed by atoms with Crippen LogP contribution in [0, 0.1) is 0 Å². The Morgan fingerprint density at radius 1 is 0.356 bits per heavy atom. The number of rotatable bonds is 6. The zero-order chi connectivity index (χ0) is 38.9. The molecule has 10 aromatic carbocycles. The molecule has 2 heterocycles. The van der Waals surface area contributed by atoms with Gasteiger partial charge in [0.05, 0.1) is 5.69 Å². The fraction of sp³-hybridized carbons (Fsp3) is 0. The van der Waals surface area contributed by atoms with Crippen molar-refractivity contribution in [2.24, 2.45) is 0 Å². The summed E-state index contributed by atoms with van der Waals surface area (Å²) in [5.41, 5.74) is 11.8. The summed E-state index contributed by atoms with van der Waals surface area (Å²) in [6, 6.07) is 76.6. The van der Waals surface area contributed by atoms with E-state index >= 15 is 0 Å². The van der Waals surface area contributed by atoms with Gasteiger partial charge in [-0.05, 0) is 91.8 Å². The van der Waals surface area contributed by atoms with Crippen LogP contribution in [0.4, 0.5) is 17.1 Å². The quantitative estimate of drug-likeness (QED) is 0.167. The Hall–Kier alpha value is -7.46. The largest absolute Gasteiger partial charge is 0.453 e. The minimum Gasteiger partial charge on any atom is -0.453 e. The van der Waals surface area contributed by atoms with Gasteiger partial charge in [0.15, 0.2) is 5.58 Å². The minimum atomic E-state index is 0.854. The average Bonchev–Trinajstić information content (AvgIpc) is 3.90. The maximum atomic E-state index is 7.18. The summed E-state index contributed by atoms with van der Waals surface area (Å²) >= 11 is 1.88. The SMILES string of the molecule is c1ccc(-c2cccc(N(c3ccc(-c4cccc5c4sc4ccc6ccccc6c45)cc3)c3cccc4c3oc3c(-c5ccccc5)cc5ccccc5c34)c2)cc1. The van der Waals surface area contributed by atoms with Crippen LogP contribution in [0.15, 0.2) is 217 Å². The molecule has 0 aliphatic rings. The number of furan rings is 1. The fourth-order valence-corrected chi connectivity index (χ4v) is 10.4. The van der Waals surface area contributed by atoms with E-state index in [1.807, 2.05) is 11.3 Å². The maximum Gasteiger partial charge on any atom is 0.159 e. The normalized spacial score (nSPS) is 11.7. The summed E-state index contributed by atoms with van der Waals surface area (Å²) in [5, 5.41) is 9.83. The lowest BCUT2D eigenvalue weighted by Crippen LogP contribution is -2.10. The summed E-state index contributed by atoms with van der Waals surface area (Å²) in [6.45, 7) is 0. The highest BCUT2D eigenvalue weighted by Gasteiger charge is 2.23. The van der Waals surface area contributed by atoms with Crippen LogP contribution in [0.3, 0.4) is 0 Å². The van der Waals surface area contributed by atoms with Crippen LogP contribution in [0.1, 0.15) is 0 Å². The first-order valence-corrected chi connectivity index (χ1v) is 20.9. The smallest absolute Gasteiger partial charge is 0.159 e. The molecular weight excluding hydrogens is 735 g/mol. The summed E-state index contributed by atoms with van der Waals surface area (Å²) < 4.78 is 9.80. The number of benzene rings is 10. The predicted octanol–water partition coefficient (Wildman–Crippen LogP) is 16.7. The van der Waals surface area contributed by atoms with Crippen LogP contribution in [0.5, 0.6) is 0 Å². The molecule has 12 rings (SSSR count). The molecule has 0 saturated heterocycles. The molecule has 59 heavy (non-hydrogen) atoms. The molecule has 0 bridgehead atoms. The van der Waals surface area contributed by atoms with Crippen LogP contribution in [-0.4, -0.2) is 0 Å². The molecule has 0 saturated carbocycles. The van der Waals surface area contributed by atoms with E-state index in [4.69, 9.17) is 4.42 Å². The molecule has 0 radical (unpaired) electrons. The van der Waals surface area contributed by atoms with Crippen molar-refractivity contribution >= 4 is 92.1 Å². The number of anilines is 3. The summed E-state index contributed by atoms with van der Waals surface area (Å²) in [4.78, 5) is 2.36. The Labute approximate surface area is 345 Å². The van der Waals surface area contributed by atoms with Crippen molar-refractivity contribution in [1.29, 1.82) is 0 Å². The second-order valence-electron chi connectivity index (χ2n) is 15.2. The monoisotopic (exact) mass is 769 g/mol. The molecule has 0 N–H and O–H groups in total. The van der Waals surface area contributed by atoms with E-state index in [-0.39, 0.29) is 0 Å². The first kappa shape index (κ1) is 33.7. The van der Waals surface area contributed by atoms with Crippen LogP contribution < -0.4 is 4.90 Å². The Kier molecular flexibility index (Phi) is 7.75. The summed E-state index contributed by atoms with van der Waals surface area (Å²) in [5.74, 6) is 0. The van der Waals surface area contributed by atoms with Crippen molar-refractivity contribution in [3.05, 3.63) is 212 Å². The van der Waals surface area contributed by atoms with Crippen molar-refractivity contribution in [3.63, 3.8) is 0 Å². The lowest BCUT2D eigenvalue weighted by molar-refractivity contribution is 0.670.